The molecule has 3 aromatic carbocycles. The van der Waals surface area contributed by atoms with Crippen molar-refractivity contribution in [1.29, 1.82) is 0 Å². The van der Waals surface area contributed by atoms with Crippen LogP contribution in [0.2, 0.25) is 5.02 Å². The third-order valence-electron chi connectivity index (χ3n) is 4.13. The summed E-state index contributed by atoms with van der Waals surface area (Å²) < 4.78 is 5.29. The number of ether oxygens (including phenoxy) is 1. The highest BCUT2D eigenvalue weighted by Crippen LogP contribution is 2.18. The average Bonchev–Trinajstić information content (AvgIpc) is 2.74. The van der Waals surface area contributed by atoms with Gasteiger partial charge in [0.05, 0.1) is 27.3 Å². The summed E-state index contributed by atoms with van der Waals surface area (Å²) in [6.07, 6.45) is 1.39. The number of halogens is 1. The summed E-state index contributed by atoms with van der Waals surface area (Å²) in [7, 11) is 0. The number of esters is 1. The number of hydrogen-bond donors (Lipinski definition) is 1. The van der Waals surface area contributed by atoms with Crippen LogP contribution < -0.4 is 10.2 Å². The van der Waals surface area contributed by atoms with E-state index in [2.05, 4.69) is 10.5 Å². The molecule has 0 aliphatic carbocycles. The summed E-state index contributed by atoms with van der Waals surface area (Å²) in [5.74, 6) is -0.867. The number of non-ortho nitro benzene ring substituents is 1. The van der Waals surface area contributed by atoms with Crippen molar-refractivity contribution in [3.8, 4) is 5.75 Å². The molecule has 1 amide bonds. The molecule has 0 bridgehead atoms. The molecule has 31 heavy (non-hydrogen) atoms. The molecule has 1 N–H and O–H groups in total. The summed E-state index contributed by atoms with van der Waals surface area (Å²) in [5.41, 5.74) is 4.25. The number of hydrazone groups is 1. The molecular weight excluding hydrogens is 422 g/mol. The van der Waals surface area contributed by atoms with Gasteiger partial charge in [0.1, 0.15) is 5.75 Å². The first kappa shape index (κ1) is 21.7. The van der Waals surface area contributed by atoms with Crippen molar-refractivity contribution in [3.63, 3.8) is 0 Å². The lowest BCUT2D eigenvalue weighted by Crippen LogP contribution is -2.18. The number of amides is 1. The van der Waals surface area contributed by atoms with Crippen molar-refractivity contribution in [3.05, 3.63) is 104 Å². The van der Waals surface area contributed by atoms with Gasteiger partial charge < -0.3 is 4.74 Å². The van der Waals surface area contributed by atoms with Gasteiger partial charge in [0.15, 0.2) is 0 Å². The van der Waals surface area contributed by atoms with Gasteiger partial charge in [0.25, 0.3) is 11.6 Å². The van der Waals surface area contributed by atoms with Crippen LogP contribution in [0, 0.1) is 17.0 Å². The average molecular weight is 438 g/mol. The van der Waals surface area contributed by atoms with E-state index in [1.165, 1.54) is 30.5 Å². The van der Waals surface area contributed by atoms with Crippen LogP contribution >= 0.6 is 11.6 Å². The minimum Gasteiger partial charge on any atom is -0.423 e. The normalized spacial score (nSPS) is 10.6. The SMILES string of the molecule is Cc1ccc(C(=O)N/N=C/c2cccc(OC(=O)c3ccc([N+](=O)[O-])cc3)c2)c(Cl)c1. The number of nitrogens with one attached hydrogen (secondary N) is 1. The van der Waals surface area contributed by atoms with Crippen molar-refractivity contribution in [2.75, 3.05) is 0 Å². The van der Waals surface area contributed by atoms with Crippen molar-refractivity contribution in [1.82, 2.24) is 5.43 Å². The predicted octanol–water partition coefficient (Wildman–Crippen LogP) is 4.54. The smallest absolute Gasteiger partial charge is 0.343 e. The van der Waals surface area contributed by atoms with Crippen molar-refractivity contribution < 1.29 is 19.2 Å². The molecule has 0 fully saturated rings. The minimum absolute atomic E-state index is 0.122. The highest BCUT2D eigenvalue weighted by atomic mass is 35.5. The Hall–Kier alpha value is -4.04. The Morgan fingerprint density at radius 1 is 1.10 bits per heavy atom. The van der Waals surface area contributed by atoms with Gasteiger partial charge in [-0.05, 0) is 54.4 Å². The van der Waals surface area contributed by atoms with E-state index in [0.29, 0.717) is 16.1 Å². The zero-order valence-corrected chi connectivity index (χ0v) is 17.0. The Balaban J connectivity index is 1.63. The van der Waals surface area contributed by atoms with E-state index in [1.807, 2.05) is 6.92 Å². The molecule has 9 heteroatoms. The van der Waals surface area contributed by atoms with Crippen molar-refractivity contribution in [2.24, 2.45) is 5.10 Å². The van der Waals surface area contributed by atoms with E-state index in [0.717, 1.165) is 5.56 Å². The molecule has 0 aliphatic heterocycles. The lowest BCUT2D eigenvalue weighted by atomic mass is 10.1. The number of benzene rings is 3. The molecule has 0 saturated heterocycles. The van der Waals surface area contributed by atoms with E-state index < -0.39 is 16.8 Å². The van der Waals surface area contributed by atoms with Gasteiger partial charge in [-0.25, -0.2) is 10.2 Å². The molecule has 0 radical (unpaired) electrons. The molecule has 0 heterocycles. The van der Waals surface area contributed by atoms with Gasteiger partial charge in [0.2, 0.25) is 0 Å². The minimum atomic E-state index is -0.661. The first-order chi connectivity index (χ1) is 14.8. The fraction of sp³-hybridized carbons (Fsp3) is 0.0455. The maximum absolute atomic E-state index is 12.2. The Morgan fingerprint density at radius 3 is 2.52 bits per heavy atom. The molecule has 0 unspecified atom stereocenters. The van der Waals surface area contributed by atoms with Crippen LogP contribution in [0.15, 0.2) is 71.8 Å². The van der Waals surface area contributed by atoms with Crippen molar-refractivity contribution in [2.45, 2.75) is 6.92 Å². The Kier molecular flexibility index (Phi) is 6.74. The third kappa shape index (κ3) is 5.74. The second kappa shape index (κ2) is 9.64. The quantitative estimate of drug-likeness (QED) is 0.200. The number of nitro benzene ring substituents is 1. The van der Waals surface area contributed by atoms with E-state index in [9.17, 15) is 19.7 Å². The summed E-state index contributed by atoms with van der Waals surface area (Å²) in [5, 5.41) is 14.9. The summed E-state index contributed by atoms with van der Waals surface area (Å²) in [6.45, 7) is 1.87. The zero-order chi connectivity index (χ0) is 22.4. The zero-order valence-electron chi connectivity index (χ0n) is 16.2. The summed E-state index contributed by atoms with van der Waals surface area (Å²) in [6, 6.07) is 16.6. The van der Waals surface area contributed by atoms with E-state index in [4.69, 9.17) is 16.3 Å². The molecule has 0 atom stereocenters. The second-order valence-corrected chi connectivity index (χ2v) is 6.86. The standard InChI is InChI=1S/C22H16ClN3O5/c1-14-5-10-19(20(23)11-14)21(27)25-24-13-15-3-2-4-18(12-15)31-22(28)16-6-8-17(9-7-16)26(29)30/h2-13H,1H3,(H,25,27)/b24-13+. The molecule has 8 nitrogen and oxygen atoms in total. The van der Waals surface area contributed by atoms with Crippen molar-refractivity contribution >= 4 is 35.4 Å². The maximum Gasteiger partial charge on any atom is 0.343 e. The number of carbonyl (C=O) groups excluding carboxylic acids is 2. The first-order valence-corrected chi connectivity index (χ1v) is 9.37. The van der Waals surface area contributed by atoms with Crippen LogP contribution in [0.25, 0.3) is 0 Å². The lowest BCUT2D eigenvalue weighted by Gasteiger charge is -2.05. The van der Waals surface area contributed by atoms with Gasteiger partial charge in [0, 0.05) is 12.1 Å². The highest BCUT2D eigenvalue weighted by Gasteiger charge is 2.12. The molecule has 156 valence electrons. The highest BCUT2D eigenvalue weighted by molar-refractivity contribution is 6.33. The van der Waals surface area contributed by atoms with E-state index in [1.54, 1.807) is 42.5 Å². The van der Waals surface area contributed by atoms with Gasteiger partial charge in [-0.1, -0.05) is 29.8 Å². The third-order valence-corrected chi connectivity index (χ3v) is 4.44. The number of carbonyl (C=O) groups is 2. The van der Waals surface area contributed by atoms with E-state index >= 15 is 0 Å². The number of rotatable bonds is 6. The topological polar surface area (TPSA) is 111 Å². The Bertz CT molecular complexity index is 1180. The van der Waals surface area contributed by atoms with Gasteiger partial charge in [-0.3, -0.25) is 14.9 Å². The fourth-order valence-corrected chi connectivity index (χ4v) is 2.89. The molecule has 0 aromatic heterocycles. The maximum atomic E-state index is 12.2. The van der Waals surface area contributed by atoms with Crippen LogP contribution in [-0.4, -0.2) is 23.0 Å². The number of aryl methyl sites for hydroxylation is 1. The molecule has 3 rings (SSSR count). The van der Waals surface area contributed by atoms with Crippen LogP contribution in [0.3, 0.4) is 0 Å². The lowest BCUT2D eigenvalue weighted by molar-refractivity contribution is -0.384. The number of nitrogens with zero attached hydrogens (tertiary/aromatic N) is 2. The molecule has 0 aliphatic rings. The molecular formula is C22H16ClN3O5. The van der Waals surface area contributed by atoms with E-state index in [-0.39, 0.29) is 17.0 Å². The molecule has 0 saturated carbocycles. The number of nitro groups is 1. The van der Waals surface area contributed by atoms with Crippen LogP contribution in [-0.2, 0) is 0 Å². The molecule has 3 aromatic rings. The number of hydrogen-bond acceptors (Lipinski definition) is 6. The van der Waals surface area contributed by atoms with Crippen LogP contribution in [0.4, 0.5) is 5.69 Å². The summed E-state index contributed by atoms with van der Waals surface area (Å²) in [4.78, 5) is 34.6. The van der Waals surface area contributed by atoms with Crippen LogP contribution in [0.5, 0.6) is 5.75 Å². The first-order valence-electron chi connectivity index (χ1n) is 9.00. The van der Waals surface area contributed by atoms with Crippen LogP contribution in [0.1, 0.15) is 31.8 Å². The predicted molar refractivity (Wildman–Crippen MR) is 116 cm³/mol. The Labute approximate surface area is 182 Å². The van der Waals surface area contributed by atoms with Gasteiger partial charge >= 0.3 is 5.97 Å². The fourth-order valence-electron chi connectivity index (χ4n) is 2.57. The Morgan fingerprint density at radius 2 is 1.84 bits per heavy atom. The monoisotopic (exact) mass is 437 g/mol. The van der Waals surface area contributed by atoms with Gasteiger partial charge in [-0.15, -0.1) is 0 Å². The summed E-state index contributed by atoms with van der Waals surface area (Å²) >= 11 is 6.07. The largest absolute Gasteiger partial charge is 0.423 e. The molecule has 0 spiro atoms. The second-order valence-electron chi connectivity index (χ2n) is 6.45. The van der Waals surface area contributed by atoms with Gasteiger partial charge in [-0.2, -0.15) is 5.10 Å².